The Morgan fingerprint density at radius 2 is 2.00 bits per heavy atom. The number of guanidine groups is 1. The zero-order chi connectivity index (χ0) is 18.1. The molecular weight excluding hydrogens is 326 g/mol. The molecular formula is C18H28F2N4O. The number of benzene rings is 1. The number of rotatable bonds is 8. The summed E-state index contributed by atoms with van der Waals surface area (Å²) in [6.07, 6.45) is 5.21. The van der Waals surface area contributed by atoms with Crippen molar-refractivity contribution in [3.8, 4) is 5.75 Å². The number of likely N-dealkylation sites (N-methyl/N-ethyl adjacent to an activating group) is 1. The van der Waals surface area contributed by atoms with Gasteiger partial charge in [-0.05, 0) is 26.0 Å². The van der Waals surface area contributed by atoms with Crippen molar-refractivity contribution in [2.45, 2.75) is 44.9 Å². The highest BCUT2D eigenvalue weighted by molar-refractivity contribution is 5.79. The number of halogens is 2. The molecule has 140 valence electrons. The Morgan fingerprint density at radius 1 is 1.28 bits per heavy atom. The van der Waals surface area contributed by atoms with Gasteiger partial charge in [0.15, 0.2) is 5.96 Å². The summed E-state index contributed by atoms with van der Waals surface area (Å²) in [5.74, 6) is 0.827. The summed E-state index contributed by atoms with van der Waals surface area (Å²) in [4.78, 5) is 6.56. The first-order valence-corrected chi connectivity index (χ1v) is 8.77. The van der Waals surface area contributed by atoms with Crippen LogP contribution in [0.25, 0.3) is 0 Å². The topological polar surface area (TPSA) is 48.9 Å². The van der Waals surface area contributed by atoms with Gasteiger partial charge in [-0.25, -0.2) is 0 Å². The highest BCUT2D eigenvalue weighted by atomic mass is 19.3. The number of aliphatic imine (C=N–C) groups is 1. The van der Waals surface area contributed by atoms with E-state index in [2.05, 4.69) is 32.3 Å². The second-order valence-corrected chi connectivity index (χ2v) is 6.26. The first-order chi connectivity index (χ1) is 12.1. The van der Waals surface area contributed by atoms with Crippen molar-refractivity contribution >= 4 is 5.96 Å². The fourth-order valence-electron chi connectivity index (χ4n) is 3.14. The van der Waals surface area contributed by atoms with Crippen LogP contribution in [0.4, 0.5) is 8.78 Å². The fraction of sp³-hybridized carbons (Fsp3) is 0.611. The molecule has 1 aliphatic carbocycles. The molecule has 0 aliphatic heterocycles. The molecule has 0 amide bonds. The smallest absolute Gasteiger partial charge is 0.387 e. The van der Waals surface area contributed by atoms with Crippen LogP contribution in [0.3, 0.4) is 0 Å². The Balaban J connectivity index is 1.76. The SMILES string of the molecule is CN=C(NCCN(C)C1CCCC1)NCc1ccccc1OC(F)F. The summed E-state index contributed by atoms with van der Waals surface area (Å²) in [5.41, 5.74) is 0.661. The van der Waals surface area contributed by atoms with Gasteiger partial charge in [-0.2, -0.15) is 8.78 Å². The lowest BCUT2D eigenvalue weighted by atomic mass is 10.2. The lowest BCUT2D eigenvalue weighted by Crippen LogP contribution is -2.42. The Labute approximate surface area is 148 Å². The molecule has 5 nitrogen and oxygen atoms in total. The van der Waals surface area contributed by atoms with Crippen molar-refractivity contribution in [3.05, 3.63) is 29.8 Å². The van der Waals surface area contributed by atoms with Gasteiger partial charge in [-0.15, -0.1) is 0 Å². The molecule has 0 heterocycles. The Kier molecular flexibility index (Phi) is 7.91. The standard InChI is InChI=1S/C18H28F2N4O/c1-21-18(22-11-12-24(2)15-8-4-5-9-15)23-13-14-7-3-6-10-16(14)25-17(19)20/h3,6-7,10,15,17H,4-5,8-9,11-13H2,1-2H3,(H2,21,22,23). The van der Waals surface area contributed by atoms with E-state index in [1.807, 2.05) is 0 Å². The molecule has 0 unspecified atom stereocenters. The van der Waals surface area contributed by atoms with Gasteiger partial charge in [0.25, 0.3) is 0 Å². The molecule has 0 atom stereocenters. The second kappa shape index (κ2) is 10.2. The molecule has 2 N–H and O–H groups in total. The monoisotopic (exact) mass is 354 g/mol. The highest BCUT2D eigenvalue weighted by Crippen LogP contribution is 2.22. The zero-order valence-corrected chi connectivity index (χ0v) is 15.0. The molecule has 1 aromatic rings. The maximum atomic E-state index is 12.5. The van der Waals surface area contributed by atoms with Crippen molar-refractivity contribution < 1.29 is 13.5 Å². The van der Waals surface area contributed by atoms with Crippen LogP contribution in [-0.4, -0.2) is 50.7 Å². The highest BCUT2D eigenvalue weighted by Gasteiger charge is 2.18. The van der Waals surface area contributed by atoms with Crippen LogP contribution in [0, 0.1) is 0 Å². The molecule has 25 heavy (non-hydrogen) atoms. The van der Waals surface area contributed by atoms with Crippen molar-refractivity contribution in [2.75, 3.05) is 27.2 Å². The Morgan fingerprint density at radius 3 is 2.68 bits per heavy atom. The average Bonchev–Trinajstić information content (AvgIpc) is 3.13. The van der Waals surface area contributed by atoms with Crippen LogP contribution in [0.2, 0.25) is 0 Å². The van der Waals surface area contributed by atoms with E-state index in [9.17, 15) is 8.78 Å². The van der Waals surface area contributed by atoms with Gasteiger partial charge in [0.2, 0.25) is 0 Å². The van der Waals surface area contributed by atoms with E-state index >= 15 is 0 Å². The van der Waals surface area contributed by atoms with Gasteiger partial charge >= 0.3 is 6.61 Å². The normalized spacial score (nSPS) is 15.8. The zero-order valence-electron chi connectivity index (χ0n) is 15.0. The van der Waals surface area contributed by atoms with E-state index in [-0.39, 0.29) is 5.75 Å². The van der Waals surface area contributed by atoms with E-state index in [0.29, 0.717) is 24.1 Å². The summed E-state index contributed by atoms with van der Waals surface area (Å²) in [6.45, 7) is -0.746. The predicted octanol–water partition coefficient (Wildman–Crippen LogP) is 2.83. The van der Waals surface area contributed by atoms with E-state index in [1.165, 1.54) is 31.7 Å². The number of alkyl halides is 2. The third-order valence-electron chi connectivity index (χ3n) is 4.56. The summed E-state index contributed by atoms with van der Waals surface area (Å²) in [7, 11) is 3.85. The van der Waals surface area contributed by atoms with Crippen LogP contribution >= 0.6 is 0 Å². The minimum atomic E-state index is -2.83. The molecule has 1 aromatic carbocycles. The van der Waals surface area contributed by atoms with Crippen molar-refractivity contribution in [2.24, 2.45) is 4.99 Å². The first kappa shape index (κ1) is 19.4. The van der Waals surface area contributed by atoms with Gasteiger partial charge in [-0.3, -0.25) is 4.99 Å². The van der Waals surface area contributed by atoms with Crippen molar-refractivity contribution in [3.63, 3.8) is 0 Å². The number of hydrogen-bond donors (Lipinski definition) is 2. The number of para-hydroxylation sites is 1. The van der Waals surface area contributed by atoms with Gasteiger partial charge in [-0.1, -0.05) is 31.0 Å². The lowest BCUT2D eigenvalue weighted by molar-refractivity contribution is -0.0504. The molecule has 2 rings (SSSR count). The van der Waals surface area contributed by atoms with Crippen LogP contribution in [0.15, 0.2) is 29.3 Å². The number of ether oxygens (including phenoxy) is 1. The summed E-state index contributed by atoms with van der Waals surface area (Å²) < 4.78 is 29.4. The molecule has 7 heteroatoms. The summed E-state index contributed by atoms with van der Waals surface area (Å²) >= 11 is 0. The number of hydrogen-bond acceptors (Lipinski definition) is 3. The Bertz CT molecular complexity index is 548. The third-order valence-corrected chi connectivity index (χ3v) is 4.56. The molecule has 0 radical (unpaired) electrons. The van der Waals surface area contributed by atoms with E-state index in [0.717, 1.165) is 13.1 Å². The first-order valence-electron chi connectivity index (χ1n) is 8.77. The van der Waals surface area contributed by atoms with E-state index < -0.39 is 6.61 Å². The average molecular weight is 354 g/mol. The van der Waals surface area contributed by atoms with Crippen LogP contribution in [-0.2, 0) is 6.54 Å². The molecule has 0 aromatic heterocycles. The van der Waals surface area contributed by atoms with Gasteiger partial charge in [0.05, 0.1) is 0 Å². The minimum absolute atomic E-state index is 0.182. The second-order valence-electron chi connectivity index (χ2n) is 6.26. The quantitative estimate of drug-likeness (QED) is 0.557. The molecule has 0 saturated heterocycles. The van der Waals surface area contributed by atoms with Gasteiger partial charge in [0.1, 0.15) is 5.75 Å². The van der Waals surface area contributed by atoms with Crippen molar-refractivity contribution in [1.29, 1.82) is 0 Å². The maximum Gasteiger partial charge on any atom is 0.387 e. The molecule has 1 aliphatic rings. The lowest BCUT2D eigenvalue weighted by Gasteiger charge is -2.24. The third kappa shape index (κ3) is 6.49. The minimum Gasteiger partial charge on any atom is -0.434 e. The number of nitrogens with one attached hydrogen (secondary N) is 2. The maximum absolute atomic E-state index is 12.5. The molecule has 0 bridgehead atoms. The molecule has 1 saturated carbocycles. The number of nitrogens with zero attached hydrogens (tertiary/aromatic N) is 2. The van der Waals surface area contributed by atoms with E-state index in [1.54, 1.807) is 25.2 Å². The van der Waals surface area contributed by atoms with Crippen molar-refractivity contribution in [1.82, 2.24) is 15.5 Å². The largest absolute Gasteiger partial charge is 0.434 e. The summed E-state index contributed by atoms with van der Waals surface area (Å²) in [6, 6.07) is 7.45. The summed E-state index contributed by atoms with van der Waals surface area (Å²) in [5, 5.41) is 6.40. The predicted molar refractivity (Wildman–Crippen MR) is 96.2 cm³/mol. The molecule has 1 fully saturated rings. The van der Waals surface area contributed by atoms with Crippen LogP contribution in [0.5, 0.6) is 5.75 Å². The molecule has 0 spiro atoms. The Hall–Kier alpha value is -1.89. The van der Waals surface area contributed by atoms with Gasteiger partial charge in [0, 0.05) is 38.3 Å². The fourth-order valence-corrected chi connectivity index (χ4v) is 3.14. The van der Waals surface area contributed by atoms with Gasteiger partial charge < -0.3 is 20.3 Å². The van der Waals surface area contributed by atoms with Crippen LogP contribution < -0.4 is 15.4 Å². The van der Waals surface area contributed by atoms with Crippen LogP contribution in [0.1, 0.15) is 31.2 Å². The van der Waals surface area contributed by atoms with E-state index in [4.69, 9.17) is 0 Å².